The monoisotopic (exact) mass is 314 g/mol. The normalized spacial score (nSPS) is 12.9. The molecule has 0 fully saturated rings. The summed E-state index contributed by atoms with van der Waals surface area (Å²) in [4.78, 5) is 3.51. The third kappa shape index (κ3) is 3.52. The number of hydrogen-bond acceptors (Lipinski definition) is 4. The molecule has 0 radical (unpaired) electrons. The van der Waals surface area contributed by atoms with E-state index < -0.39 is 42.3 Å². The Morgan fingerprint density at radius 1 is 1.14 bits per heavy atom. The molecule has 116 valence electrons. The Hall–Kier alpha value is -2.07. The summed E-state index contributed by atoms with van der Waals surface area (Å²) >= 11 is 0. The van der Waals surface area contributed by atoms with Crippen molar-refractivity contribution in [1.29, 1.82) is 0 Å². The van der Waals surface area contributed by atoms with E-state index in [-0.39, 0.29) is 11.5 Å². The van der Waals surface area contributed by atoms with Crippen LogP contribution in [0.5, 0.6) is 0 Å². The van der Waals surface area contributed by atoms with Crippen LogP contribution in [0.1, 0.15) is 23.5 Å². The average Bonchev–Trinajstić information content (AvgIpc) is 2.90. The number of aryl methyl sites for hydroxylation is 2. The van der Waals surface area contributed by atoms with E-state index in [0.717, 1.165) is 6.92 Å². The molecule has 0 aliphatic carbocycles. The van der Waals surface area contributed by atoms with Gasteiger partial charge in [0.2, 0.25) is 0 Å². The van der Waals surface area contributed by atoms with Gasteiger partial charge in [0.1, 0.15) is 5.56 Å². The molecule has 11 heteroatoms. The summed E-state index contributed by atoms with van der Waals surface area (Å²) < 4.78 is 79.2. The summed E-state index contributed by atoms with van der Waals surface area (Å²) in [6, 6.07) is 0. The summed E-state index contributed by atoms with van der Waals surface area (Å²) in [5.41, 5.74) is -1.98. The summed E-state index contributed by atoms with van der Waals surface area (Å²) in [5.74, 6) is -0.917. The number of aromatic nitrogens is 4. The number of halogens is 6. The fourth-order valence-electron chi connectivity index (χ4n) is 1.64. The van der Waals surface area contributed by atoms with Crippen LogP contribution < -0.4 is 0 Å². The number of nitrogens with zero attached hydrogens (tertiary/aromatic N) is 3. The third-order valence-corrected chi connectivity index (χ3v) is 2.53. The standard InChI is InChI=1S/C10H8F6N4O/c1-4-6(10(14,15)16)7(19-18-4)8-17-5(20-21-8)2-3-9(11,12)13/h2-3H2,1H3,(H,18,19). The zero-order valence-corrected chi connectivity index (χ0v) is 10.4. The Morgan fingerprint density at radius 2 is 1.81 bits per heavy atom. The van der Waals surface area contributed by atoms with Crippen molar-refractivity contribution in [3.63, 3.8) is 0 Å². The Balaban J connectivity index is 2.27. The molecule has 0 aromatic carbocycles. The molecule has 21 heavy (non-hydrogen) atoms. The van der Waals surface area contributed by atoms with Crippen molar-refractivity contribution >= 4 is 0 Å². The van der Waals surface area contributed by atoms with E-state index in [1.54, 1.807) is 0 Å². The van der Waals surface area contributed by atoms with E-state index >= 15 is 0 Å². The SMILES string of the molecule is Cc1[nH]nc(-c2nc(CCC(F)(F)F)no2)c1C(F)(F)F. The lowest BCUT2D eigenvalue weighted by Gasteiger charge is -2.05. The van der Waals surface area contributed by atoms with Crippen molar-refractivity contribution in [2.24, 2.45) is 0 Å². The van der Waals surface area contributed by atoms with Gasteiger partial charge in [0.15, 0.2) is 11.5 Å². The average molecular weight is 314 g/mol. The zero-order chi connectivity index (χ0) is 15.8. The fourth-order valence-corrected chi connectivity index (χ4v) is 1.64. The van der Waals surface area contributed by atoms with E-state index in [1.165, 1.54) is 0 Å². The molecule has 2 aromatic rings. The molecule has 0 bridgehead atoms. The number of nitrogens with one attached hydrogen (secondary N) is 1. The fraction of sp³-hybridized carbons (Fsp3) is 0.500. The van der Waals surface area contributed by atoms with Gasteiger partial charge in [0, 0.05) is 12.1 Å². The molecule has 0 saturated heterocycles. The quantitative estimate of drug-likeness (QED) is 0.883. The summed E-state index contributed by atoms with van der Waals surface area (Å²) in [7, 11) is 0. The predicted molar refractivity (Wildman–Crippen MR) is 56.0 cm³/mol. The van der Waals surface area contributed by atoms with E-state index in [1.807, 2.05) is 0 Å². The highest BCUT2D eigenvalue weighted by Gasteiger charge is 2.39. The van der Waals surface area contributed by atoms with Crippen LogP contribution in [-0.4, -0.2) is 26.5 Å². The maximum Gasteiger partial charge on any atom is 0.420 e. The van der Waals surface area contributed by atoms with Crippen molar-refractivity contribution in [3.05, 3.63) is 17.1 Å². The topological polar surface area (TPSA) is 67.6 Å². The summed E-state index contributed by atoms with van der Waals surface area (Å²) in [5, 5.41) is 8.76. The minimum atomic E-state index is -4.70. The second kappa shape index (κ2) is 5.04. The maximum atomic E-state index is 12.8. The highest BCUT2D eigenvalue weighted by Crippen LogP contribution is 2.37. The van der Waals surface area contributed by atoms with E-state index in [4.69, 9.17) is 0 Å². The van der Waals surface area contributed by atoms with E-state index in [9.17, 15) is 26.3 Å². The molecule has 0 spiro atoms. The van der Waals surface area contributed by atoms with Crippen LogP contribution in [0.25, 0.3) is 11.6 Å². The first-order valence-corrected chi connectivity index (χ1v) is 5.60. The van der Waals surface area contributed by atoms with Crippen molar-refractivity contribution in [2.45, 2.75) is 32.1 Å². The van der Waals surface area contributed by atoms with Gasteiger partial charge in [-0.1, -0.05) is 5.16 Å². The number of aromatic amines is 1. The molecule has 2 aromatic heterocycles. The van der Waals surface area contributed by atoms with Crippen molar-refractivity contribution in [2.75, 3.05) is 0 Å². The molecule has 0 aliphatic rings. The molecule has 0 unspecified atom stereocenters. The van der Waals surface area contributed by atoms with Crippen LogP contribution in [-0.2, 0) is 12.6 Å². The first-order chi connectivity index (χ1) is 9.58. The number of H-pyrrole nitrogens is 1. The van der Waals surface area contributed by atoms with E-state index in [0.29, 0.717) is 0 Å². The summed E-state index contributed by atoms with van der Waals surface area (Å²) in [6.07, 6.45) is -10.9. The maximum absolute atomic E-state index is 12.8. The number of alkyl halides is 6. The van der Waals surface area contributed by atoms with Crippen molar-refractivity contribution in [3.8, 4) is 11.6 Å². The first-order valence-electron chi connectivity index (χ1n) is 5.60. The molecule has 1 N–H and O–H groups in total. The molecule has 0 amide bonds. The lowest BCUT2D eigenvalue weighted by Crippen LogP contribution is -2.09. The summed E-state index contributed by atoms with van der Waals surface area (Å²) in [6.45, 7) is 1.15. The van der Waals surface area contributed by atoms with Gasteiger partial charge in [-0.3, -0.25) is 5.10 Å². The van der Waals surface area contributed by atoms with Gasteiger partial charge >= 0.3 is 12.4 Å². The third-order valence-electron chi connectivity index (χ3n) is 2.53. The minimum absolute atomic E-state index is 0.257. The van der Waals surface area contributed by atoms with Gasteiger partial charge in [-0.15, -0.1) is 0 Å². The van der Waals surface area contributed by atoms with Crippen LogP contribution in [0, 0.1) is 6.92 Å². The van der Waals surface area contributed by atoms with Gasteiger partial charge in [-0.2, -0.15) is 36.4 Å². The highest BCUT2D eigenvalue weighted by molar-refractivity contribution is 5.55. The lowest BCUT2D eigenvalue weighted by molar-refractivity contribution is -0.137. The van der Waals surface area contributed by atoms with Crippen LogP contribution in [0.15, 0.2) is 4.52 Å². The van der Waals surface area contributed by atoms with Gasteiger partial charge < -0.3 is 4.52 Å². The zero-order valence-electron chi connectivity index (χ0n) is 10.4. The molecule has 2 rings (SSSR count). The van der Waals surface area contributed by atoms with Crippen LogP contribution in [0.3, 0.4) is 0 Å². The molecule has 5 nitrogen and oxygen atoms in total. The molecule has 2 heterocycles. The highest BCUT2D eigenvalue weighted by atomic mass is 19.4. The van der Waals surface area contributed by atoms with Crippen molar-refractivity contribution in [1.82, 2.24) is 20.3 Å². The number of rotatable bonds is 3. The Bertz CT molecular complexity index is 626. The predicted octanol–water partition coefficient (Wildman–Crippen LogP) is 3.28. The Morgan fingerprint density at radius 3 is 2.38 bits per heavy atom. The van der Waals surface area contributed by atoms with Gasteiger partial charge in [0.25, 0.3) is 5.89 Å². The van der Waals surface area contributed by atoms with E-state index in [2.05, 4.69) is 24.9 Å². The molecule has 0 atom stereocenters. The van der Waals surface area contributed by atoms with Gasteiger partial charge in [0.05, 0.1) is 6.42 Å². The molecule has 0 aliphatic heterocycles. The first kappa shape index (κ1) is 15.3. The van der Waals surface area contributed by atoms with Crippen LogP contribution >= 0.6 is 0 Å². The lowest BCUT2D eigenvalue weighted by atomic mass is 10.2. The molecule has 0 saturated carbocycles. The minimum Gasteiger partial charge on any atom is -0.332 e. The second-order valence-corrected chi connectivity index (χ2v) is 4.20. The van der Waals surface area contributed by atoms with Crippen molar-refractivity contribution < 1.29 is 30.9 Å². The van der Waals surface area contributed by atoms with Gasteiger partial charge in [-0.25, -0.2) is 0 Å². The van der Waals surface area contributed by atoms with Crippen LogP contribution in [0.2, 0.25) is 0 Å². The number of hydrogen-bond donors (Lipinski definition) is 1. The van der Waals surface area contributed by atoms with Gasteiger partial charge in [-0.05, 0) is 6.92 Å². The van der Waals surface area contributed by atoms with Crippen LogP contribution in [0.4, 0.5) is 26.3 Å². The Labute approximate surface area is 113 Å². The molecular formula is C10H8F6N4O. The smallest absolute Gasteiger partial charge is 0.332 e. The second-order valence-electron chi connectivity index (χ2n) is 4.20. The Kier molecular flexibility index (Phi) is 3.68. The largest absolute Gasteiger partial charge is 0.420 e. The molecular weight excluding hydrogens is 306 g/mol.